The maximum Gasteiger partial charge on any atom is 0.206 e. The fourth-order valence-corrected chi connectivity index (χ4v) is 1.88. The minimum Gasteiger partial charge on any atom is -0.409 e. The molecule has 0 amide bonds. The van der Waals surface area contributed by atoms with Crippen LogP contribution in [0, 0.1) is 5.82 Å². The Hall–Kier alpha value is -1.89. The monoisotopic (exact) mass is 312 g/mol. The van der Waals surface area contributed by atoms with E-state index in [-0.39, 0.29) is 18.2 Å². The number of oxime groups is 1. The molecule has 0 spiro atoms. The van der Waals surface area contributed by atoms with Crippen molar-refractivity contribution >= 4 is 21.8 Å². The minimum atomic E-state index is -0.330. The van der Waals surface area contributed by atoms with Gasteiger partial charge in [0.1, 0.15) is 5.82 Å². The predicted molar refractivity (Wildman–Crippen MR) is 67.9 cm³/mol. The normalized spacial score (nSPS) is 11.8. The van der Waals surface area contributed by atoms with Crippen LogP contribution >= 0.6 is 15.9 Å². The van der Waals surface area contributed by atoms with E-state index in [0.29, 0.717) is 15.9 Å². The molecule has 0 aliphatic carbocycles. The Morgan fingerprint density at radius 2 is 2.33 bits per heavy atom. The number of benzene rings is 1. The average Bonchev–Trinajstić information content (AvgIpc) is 2.80. The topological polar surface area (TPSA) is 76.4 Å². The van der Waals surface area contributed by atoms with E-state index in [1.165, 1.54) is 12.3 Å². The molecule has 0 unspecified atom stereocenters. The van der Waals surface area contributed by atoms with E-state index < -0.39 is 0 Å². The lowest BCUT2D eigenvalue weighted by Gasteiger charge is -2.08. The van der Waals surface area contributed by atoms with Gasteiger partial charge in [-0.2, -0.15) is 0 Å². The summed E-state index contributed by atoms with van der Waals surface area (Å²) in [5, 5.41) is 11.5. The Labute approximate surface area is 111 Å². The van der Waals surface area contributed by atoms with Crippen LogP contribution in [0.25, 0.3) is 0 Å². The minimum absolute atomic E-state index is 0.113. The van der Waals surface area contributed by atoms with Gasteiger partial charge in [-0.15, -0.1) is 0 Å². The van der Waals surface area contributed by atoms with Gasteiger partial charge in [0.2, 0.25) is 5.84 Å². The molecule has 1 heterocycles. The first-order valence-corrected chi connectivity index (χ1v) is 5.84. The quantitative estimate of drug-likeness (QED) is 0.393. The van der Waals surface area contributed by atoms with Gasteiger partial charge in [-0.05, 0) is 12.1 Å². The first-order chi connectivity index (χ1) is 8.61. The van der Waals surface area contributed by atoms with Crippen LogP contribution in [-0.2, 0) is 6.54 Å². The molecule has 3 N–H and O–H groups in total. The maximum atomic E-state index is 13.7. The molecule has 18 heavy (non-hydrogen) atoms. The summed E-state index contributed by atoms with van der Waals surface area (Å²) in [7, 11) is 0. The van der Waals surface area contributed by atoms with E-state index in [9.17, 15) is 4.39 Å². The summed E-state index contributed by atoms with van der Waals surface area (Å²) in [5.74, 6) is -0.152. The van der Waals surface area contributed by atoms with E-state index >= 15 is 0 Å². The standard InChI is InChI=1S/C11H10BrFN4O/c12-8-2-1-7(9(13)5-8)6-17-4-3-15-11(17)10(14)16-18/h1-5,18H,6H2,(H2,14,16). The SMILES string of the molecule is NC(=NO)c1nccn1Cc1ccc(Br)cc1F. The number of hydrogen-bond donors (Lipinski definition) is 2. The number of imidazole rings is 1. The highest BCUT2D eigenvalue weighted by Crippen LogP contribution is 2.16. The van der Waals surface area contributed by atoms with Crippen molar-refractivity contribution in [3.63, 3.8) is 0 Å². The number of nitrogens with zero attached hydrogens (tertiary/aromatic N) is 3. The first kappa shape index (κ1) is 12.6. The van der Waals surface area contributed by atoms with Crippen molar-refractivity contribution in [2.75, 3.05) is 0 Å². The van der Waals surface area contributed by atoms with Crippen LogP contribution in [0.1, 0.15) is 11.4 Å². The van der Waals surface area contributed by atoms with Crippen molar-refractivity contribution in [3.8, 4) is 0 Å². The lowest BCUT2D eigenvalue weighted by molar-refractivity contribution is 0.318. The van der Waals surface area contributed by atoms with Crippen LogP contribution in [0.5, 0.6) is 0 Å². The summed E-state index contributed by atoms with van der Waals surface area (Å²) >= 11 is 3.19. The smallest absolute Gasteiger partial charge is 0.206 e. The number of rotatable bonds is 3. The highest BCUT2D eigenvalue weighted by molar-refractivity contribution is 9.10. The number of halogens is 2. The molecule has 0 saturated heterocycles. The number of amidine groups is 1. The van der Waals surface area contributed by atoms with Gasteiger partial charge in [0.15, 0.2) is 5.82 Å². The lowest BCUT2D eigenvalue weighted by atomic mass is 10.2. The second-order valence-corrected chi connectivity index (χ2v) is 4.52. The molecule has 1 aromatic carbocycles. The Balaban J connectivity index is 2.32. The summed E-state index contributed by atoms with van der Waals surface area (Å²) in [6.07, 6.45) is 3.14. The summed E-state index contributed by atoms with van der Waals surface area (Å²) in [6, 6.07) is 4.80. The van der Waals surface area contributed by atoms with Crippen LogP contribution in [0.15, 0.2) is 40.2 Å². The van der Waals surface area contributed by atoms with Crippen LogP contribution in [0.3, 0.4) is 0 Å². The van der Waals surface area contributed by atoms with Gasteiger partial charge in [0.05, 0.1) is 6.54 Å². The number of nitrogens with two attached hydrogens (primary N) is 1. The van der Waals surface area contributed by atoms with Gasteiger partial charge in [0, 0.05) is 22.4 Å². The highest BCUT2D eigenvalue weighted by Gasteiger charge is 2.10. The molecule has 0 fully saturated rings. The number of hydrogen-bond acceptors (Lipinski definition) is 3. The van der Waals surface area contributed by atoms with Gasteiger partial charge in [-0.25, -0.2) is 9.37 Å². The Morgan fingerprint density at radius 1 is 1.56 bits per heavy atom. The van der Waals surface area contributed by atoms with E-state index in [1.807, 2.05) is 0 Å². The molecule has 2 aromatic rings. The summed E-state index contributed by atoms with van der Waals surface area (Å²) in [6.45, 7) is 0.255. The van der Waals surface area contributed by atoms with Gasteiger partial charge in [-0.1, -0.05) is 27.2 Å². The van der Waals surface area contributed by atoms with Gasteiger partial charge < -0.3 is 15.5 Å². The molecule has 1 aromatic heterocycles. The van der Waals surface area contributed by atoms with Crippen molar-refractivity contribution in [3.05, 3.63) is 52.3 Å². The number of aromatic nitrogens is 2. The van der Waals surface area contributed by atoms with Crippen molar-refractivity contribution in [1.29, 1.82) is 0 Å². The third-order valence-electron chi connectivity index (χ3n) is 2.41. The van der Waals surface area contributed by atoms with Crippen molar-refractivity contribution in [2.24, 2.45) is 10.9 Å². The highest BCUT2D eigenvalue weighted by atomic mass is 79.9. The molecule has 5 nitrogen and oxygen atoms in total. The average molecular weight is 313 g/mol. The molecule has 0 saturated carbocycles. The zero-order valence-corrected chi connectivity index (χ0v) is 10.8. The third kappa shape index (κ3) is 2.51. The Morgan fingerprint density at radius 3 is 3.00 bits per heavy atom. The lowest BCUT2D eigenvalue weighted by Crippen LogP contribution is -2.20. The van der Waals surface area contributed by atoms with E-state index in [2.05, 4.69) is 26.1 Å². The van der Waals surface area contributed by atoms with E-state index in [0.717, 1.165) is 0 Å². The molecule has 0 atom stereocenters. The fraction of sp³-hybridized carbons (Fsp3) is 0.0909. The van der Waals surface area contributed by atoms with Crippen molar-refractivity contribution in [2.45, 2.75) is 6.54 Å². The predicted octanol–water partition coefficient (Wildman–Crippen LogP) is 1.93. The summed E-state index contributed by atoms with van der Waals surface area (Å²) in [5.41, 5.74) is 5.96. The zero-order chi connectivity index (χ0) is 13.1. The van der Waals surface area contributed by atoms with Gasteiger partial charge >= 0.3 is 0 Å². The Kier molecular flexibility index (Phi) is 3.61. The van der Waals surface area contributed by atoms with Crippen LogP contribution in [0.4, 0.5) is 4.39 Å². The molecule has 0 aliphatic heterocycles. The molecule has 7 heteroatoms. The maximum absolute atomic E-state index is 13.7. The van der Waals surface area contributed by atoms with Crippen LogP contribution < -0.4 is 5.73 Å². The van der Waals surface area contributed by atoms with Crippen LogP contribution in [-0.4, -0.2) is 20.6 Å². The summed E-state index contributed by atoms with van der Waals surface area (Å²) < 4.78 is 16.0. The van der Waals surface area contributed by atoms with Gasteiger partial charge in [0.25, 0.3) is 0 Å². The largest absolute Gasteiger partial charge is 0.409 e. The molecule has 0 radical (unpaired) electrons. The summed E-state index contributed by atoms with van der Waals surface area (Å²) in [4.78, 5) is 3.95. The van der Waals surface area contributed by atoms with E-state index in [4.69, 9.17) is 10.9 Å². The second kappa shape index (κ2) is 5.18. The molecular formula is C11H10BrFN4O. The molecule has 0 bridgehead atoms. The first-order valence-electron chi connectivity index (χ1n) is 5.05. The van der Waals surface area contributed by atoms with Crippen molar-refractivity contribution < 1.29 is 9.60 Å². The van der Waals surface area contributed by atoms with Gasteiger partial charge in [-0.3, -0.25) is 0 Å². The molecule has 0 aliphatic rings. The van der Waals surface area contributed by atoms with Crippen LogP contribution in [0.2, 0.25) is 0 Å². The molecule has 94 valence electrons. The zero-order valence-electron chi connectivity index (χ0n) is 9.22. The third-order valence-corrected chi connectivity index (χ3v) is 2.90. The Bertz CT molecular complexity index is 596. The van der Waals surface area contributed by atoms with E-state index in [1.54, 1.807) is 22.9 Å². The molecular weight excluding hydrogens is 303 g/mol. The fourth-order valence-electron chi connectivity index (χ4n) is 1.55. The van der Waals surface area contributed by atoms with Crippen molar-refractivity contribution in [1.82, 2.24) is 9.55 Å². The molecule has 2 rings (SSSR count). The second-order valence-electron chi connectivity index (χ2n) is 3.60.